The highest BCUT2D eigenvalue weighted by atomic mass is 19.4. The van der Waals surface area contributed by atoms with Crippen molar-refractivity contribution in [1.82, 2.24) is 0 Å². The number of alkyl halides is 3. The normalized spacial score (nSPS) is 15.2. The molecular formula is C11H22F3NO. The van der Waals surface area contributed by atoms with Crippen molar-refractivity contribution in [1.29, 1.82) is 0 Å². The molecule has 2 nitrogen and oxygen atoms in total. The van der Waals surface area contributed by atoms with E-state index < -0.39 is 12.8 Å². The number of rotatable bonds is 6. The summed E-state index contributed by atoms with van der Waals surface area (Å²) in [5.41, 5.74) is 5.98. The van der Waals surface area contributed by atoms with Crippen LogP contribution in [-0.4, -0.2) is 25.4 Å². The van der Waals surface area contributed by atoms with Crippen molar-refractivity contribution in [2.45, 2.75) is 52.3 Å². The monoisotopic (exact) mass is 241 g/mol. The second kappa shape index (κ2) is 6.45. The van der Waals surface area contributed by atoms with E-state index in [1.54, 1.807) is 0 Å². The van der Waals surface area contributed by atoms with Crippen molar-refractivity contribution in [2.75, 3.05) is 13.2 Å². The van der Waals surface area contributed by atoms with Crippen molar-refractivity contribution in [3.8, 4) is 0 Å². The minimum atomic E-state index is -4.24. The van der Waals surface area contributed by atoms with Crippen LogP contribution < -0.4 is 5.73 Å². The van der Waals surface area contributed by atoms with Crippen molar-refractivity contribution in [3.05, 3.63) is 0 Å². The summed E-state index contributed by atoms with van der Waals surface area (Å²) in [5, 5.41) is 0. The molecule has 98 valence electrons. The lowest BCUT2D eigenvalue weighted by molar-refractivity contribution is -0.174. The van der Waals surface area contributed by atoms with Gasteiger partial charge in [-0.05, 0) is 24.7 Å². The highest BCUT2D eigenvalue weighted by Gasteiger charge is 2.27. The molecule has 0 saturated heterocycles. The van der Waals surface area contributed by atoms with Crippen LogP contribution in [0.2, 0.25) is 0 Å². The minimum absolute atomic E-state index is 0.0742. The Morgan fingerprint density at radius 3 is 2.12 bits per heavy atom. The molecule has 1 atom stereocenters. The van der Waals surface area contributed by atoms with Gasteiger partial charge in [0.1, 0.15) is 6.61 Å². The molecule has 16 heavy (non-hydrogen) atoms. The topological polar surface area (TPSA) is 35.2 Å². The van der Waals surface area contributed by atoms with Gasteiger partial charge >= 0.3 is 6.18 Å². The van der Waals surface area contributed by atoms with Crippen LogP contribution in [0.3, 0.4) is 0 Å². The molecular weight excluding hydrogens is 219 g/mol. The second-order valence-electron chi connectivity index (χ2n) is 5.32. The van der Waals surface area contributed by atoms with Gasteiger partial charge in [-0.25, -0.2) is 0 Å². The summed E-state index contributed by atoms with van der Waals surface area (Å²) in [4.78, 5) is 0. The zero-order valence-corrected chi connectivity index (χ0v) is 10.2. The van der Waals surface area contributed by atoms with Crippen LogP contribution in [0.1, 0.15) is 40.0 Å². The fourth-order valence-electron chi connectivity index (χ4n) is 1.19. The van der Waals surface area contributed by atoms with E-state index in [2.05, 4.69) is 25.5 Å². The molecule has 0 aliphatic heterocycles. The van der Waals surface area contributed by atoms with Crippen molar-refractivity contribution in [2.24, 2.45) is 11.1 Å². The Kier molecular flexibility index (Phi) is 6.33. The summed E-state index contributed by atoms with van der Waals surface area (Å²) in [5.74, 6) is 0. The zero-order valence-electron chi connectivity index (χ0n) is 10.2. The smallest absolute Gasteiger partial charge is 0.372 e. The van der Waals surface area contributed by atoms with E-state index in [1.165, 1.54) is 0 Å². The van der Waals surface area contributed by atoms with E-state index in [1.807, 2.05) is 0 Å². The van der Waals surface area contributed by atoms with Crippen LogP contribution >= 0.6 is 0 Å². The van der Waals surface area contributed by atoms with E-state index in [9.17, 15) is 13.2 Å². The molecule has 0 rings (SSSR count). The molecule has 0 bridgehead atoms. The predicted molar refractivity (Wildman–Crippen MR) is 58.2 cm³/mol. The lowest BCUT2D eigenvalue weighted by atomic mass is 9.88. The van der Waals surface area contributed by atoms with Gasteiger partial charge in [-0.3, -0.25) is 0 Å². The first kappa shape index (κ1) is 15.7. The molecule has 2 N–H and O–H groups in total. The van der Waals surface area contributed by atoms with Gasteiger partial charge in [-0.15, -0.1) is 0 Å². The molecule has 0 aliphatic carbocycles. The highest BCUT2D eigenvalue weighted by Crippen LogP contribution is 2.21. The number of halogens is 3. The maximum Gasteiger partial charge on any atom is 0.411 e. The summed E-state index contributed by atoms with van der Waals surface area (Å²) in [6, 6.07) is -0.0764. The molecule has 1 unspecified atom stereocenters. The van der Waals surface area contributed by atoms with Gasteiger partial charge < -0.3 is 10.5 Å². The van der Waals surface area contributed by atoms with Crippen LogP contribution in [0.25, 0.3) is 0 Å². The Balaban J connectivity index is 3.48. The largest absolute Gasteiger partial charge is 0.411 e. The Morgan fingerprint density at radius 1 is 1.12 bits per heavy atom. The second-order valence-corrected chi connectivity index (χ2v) is 5.32. The maximum atomic E-state index is 11.7. The van der Waals surface area contributed by atoms with Gasteiger partial charge in [0.25, 0.3) is 0 Å². The van der Waals surface area contributed by atoms with Gasteiger partial charge in [0.2, 0.25) is 0 Å². The molecule has 0 radical (unpaired) electrons. The lowest BCUT2D eigenvalue weighted by Gasteiger charge is -2.20. The molecule has 0 spiro atoms. The van der Waals surface area contributed by atoms with Crippen molar-refractivity contribution >= 4 is 0 Å². The quantitative estimate of drug-likeness (QED) is 0.725. The first-order valence-electron chi connectivity index (χ1n) is 5.50. The number of hydrogen-bond donors (Lipinski definition) is 1. The van der Waals surface area contributed by atoms with Crippen LogP contribution in [-0.2, 0) is 4.74 Å². The average Bonchev–Trinajstić information content (AvgIpc) is 2.06. The molecule has 0 aromatic rings. The van der Waals surface area contributed by atoms with Crippen molar-refractivity contribution in [3.63, 3.8) is 0 Å². The summed E-state index contributed by atoms with van der Waals surface area (Å²) in [7, 11) is 0. The Hall–Kier alpha value is -0.290. The molecule has 5 heteroatoms. The summed E-state index contributed by atoms with van der Waals surface area (Å²) >= 11 is 0. The molecule has 0 fully saturated rings. The Bertz CT molecular complexity index is 187. The summed E-state index contributed by atoms with van der Waals surface area (Å²) in [6.45, 7) is 5.23. The maximum absolute atomic E-state index is 11.7. The van der Waals surface area contributed by atoms with E-state index >= 15 is 0 Å². The molecule has 0 saturated carbocycles. The molecule has 0 heterocycles. The lowest BCUT2D eigenvalue weighted by Crippen LogP contribution is -2.25. The number of hydrogen-bond acceptors (Lipinski definition) is 2. The van der Waals surface area contributed by atoms with E-state index in [4.69, 9.17) is 5.73 Å². The molecule has 0 aromatic carbocycles. The predicted octanol–water partition coefficient (Wildman–Crippen LogP) is 3.11. The Labute approximate surface area is 95.3 Å². The summed E-state index contributed by atoms with van der Waals surface area (Å²) < 4.78 is 39.7. The van der Waals surface area contributed by atoms with E-state index in [-0.39, 0.29) is 18.1 Å². The number of ether oxygens (including phenoxy) is 1. The minimum Gasteiger partial charge on any atom is -0.372 e. The molecule has 0 aliphatic rings. The van der Waals surface area contributed by atoms with Gasteiger partial charge in [-0.1, -0.05) is 20.8 Å². The van der Waals surface area contributed by atoms with Gasteiger partial charge in [0.15, 0.2) is 0 Å². The van der Waals surface area contributed by atoms with Crippen LogP contribution in [0, 0.1) is 5.41 Å². The third-order valence-electron chi connectivity index (χ3n) is 2.16. The fraction of sp³-hybridized carbons (Fsp3) is 1.00. The Morgan fingerprint density at radius 2 is 1.69 bits per heavy atom. The average molecular weight is 241 g/mol. The first-order chi connectivity index (χ1) is 7.10. The van der Waals surface area contributed by atoms with E-state index in [0.29, 0.717) is 6.42 Å². The third-order valence-corrected chi connectivity index (χ3v) is 2.16. The first-order valence-corrected chi connectivity index (χ1v) is 5.50. The molecule has 0 aromatic heterocycles. The van der Waals surface area contributed by atoms with E-state index in [0.717, 1.165) is 12.8 Å². The fourth-order valence-corrected chi connectivity index (χ4v) is 1.19. The SMILES string of the molecule is CC(C)(C)CCC(N)CCOCC(F)(F)F. The van der Waals surface area contributed by atoms with Crippen molar-refractivity contribution < 1.29 is 17.9 Å². The van der Waals surface area contributed by atoms with Crippen LogP contribution in [0.5, 0.6) is 0 Å². The standard InChI is InChI=1S/C11H22F3NO/c1-10(2,3)6-4-9(15)5-7-16-8-11(12,13)14/h9H,4-8,15H2,1-3H3. The molecule has 0 amide bonds. The van der Waals surface area contributed by atoms with Crippen LogP contribution in [0.4, 0.5) is 13.2 Å². The summed E-state index contributed by atoms with van der Waals surface area (Å²) in [6.07, 6.45) is -1.98. The highest BCUT2D eigenvalue weighted by molar-refractivity contribution is 4.68. The van der Waals surface area contributed by atoms with Gasteiger partial charge in [-0.2, -0.15) is 13.2 Å². The third kappa shape index (κ3) is 11.8. The van der Waals surface area contributed by atoms with Crippen LogP contribution in [0.15, 0.2) is 0 Å². The number of nitrogens with two attached hydrogens (primary N) is 1. The van der Waals surface area contributed by atoms with Gasteiger partial charge in [0.05, 0.1) is 0 Å². The van der Waals surface area contributed by atoms with Gasteiger partial charge in [0, 0.05) is 12.6 Å². The zero-order chi connectivity index (χ0) is 12.8.